The molecule has 18 heavy (non-hydrogen) atoms. The third kappa shape index (κ3) is 3.05. The van der Waals surface area contributed by atoms with Crippen molar-refractivity contribution in [3.05, 3.63) is 55.9 Å². The summed E-state index contributed by atoms with van der Waals surface area (Å²) < 4.78 is 0. The molecule has 1 aliphatic rings. The molecule has 0 radical (unpaired) electrons. The van der Waals surface area contributed by atoms with Crippen molar-refractivity contribution in [3.8, 4) is 0 Å². The predicted molar refractivity (Wildman–Crippen MR) is 70.0 cm³/mol. The molecule has 2 rings (SSSR count). The molecule has 0 bridgehead atoms. The molecule has 96 valence electrons. The Hall–Kier alpha value is -1.46. The van der Waals surface area contributed by atoms with Gasteiger partial charge < -0.3 is 10.2 Å². The predicted octanol–water partition coefficient (Wildman–Crippen LogP) is 2.47. The van der Waals surface area contributed by atoms with Gasteiger partial charge in [-0.2, -0.15) is 0 Å². The molecule has 1 fully saturated rings. The van der Waals surface area contributed by atoms with Gasteiger partial charge in [0.15, 0.2) is 5.82 Å². The van der Waals surface area contributed by atoms with E-state index >= 15 is 0 Å². The van der Waals surface area contributed by atoms with Crippen LogP contribution in [0.1, 0.15) is 5.56 Å². The van der Waals surface area contributed by atoms with Crippen LogP contribution in [0, 0.1) is 10.1 Å². The zero-order chi connectivity index (χ0) is 13.1. The normalized spacial score (nSPS) is 17.0. The van der Waals surface area contributed by atoms with Gasteiger partial charge in [-0.3, -0.25) is 10.1 Å². The first kappa shape index (κ1) is 13.0. The van der Waals surface area contributed by atoms with Crippen molar-refractivity contribution in [3.63, 3.8) is 0 Å². The molecule has 1 saturated heterocycles. The third-order valence-corrected chi connectivity index (χ3v) is 3.35. The molecule has 1 N–H and O–H groups in total. The summed E-state index contributed by atoms with van der Waals surface area (Å²) in [4.78, 5) is 11.9. The van der Waals surface area contributed by atoms with Crippen molar-refractivity contribution in [1.29, 1.82) is 0 Å². The minimum atomic E-state index is -0.463. The molecule has 0 amide bonds. The summed E-state index contributed by atoms with van der Waals surface area (Å²) in [5, 5.41) is 14.4. The van der Waals surface area contributed by atoms with Crippen molar-refractivity contribution in [2.24, 2.45) is 0 Å². The maximum atomic E-state index is 10.5. The maximum Gasteiger partial charge on any atom is 0.274 e. The number of nitro groups is 1. The molecule has 0 aliphatic carbocycles. The van der Waals surface area contributed by atoms with Crippen LogP contribution in [0.5, 0.6) is 0 Å². The average Bonchev–Trinajstić information content (AvgIpc) is 2.70. The Bertz CT molecular complexity index is 505. The first-order valence-electron chi connectivity index (χ1n) is 5.34. The lowest BCUT2D eigenvalue weighted by atomic mass is 10.2. The number of rotatable bonds is 3. The molecule has 0 atom stereocenters. The molecular formula is C11H11Cl2N3O2. The molecule has 1 aromatic rings. The second kappa shape index (κ2) is 5.46. The summed E-state index contributed by atoms with van der Waals surface area (Å²) >= 11 is 11.8. The van der Waals surface area contributed by atoms with Gasteiger partial charge in [0.05, 0.1) is 15.0 Å². The van der Waals surface area contributed by atoms with Crippen LogP contribution in [-0.2, 0) is 6.54 Å². The Morgan fingerprint density at radius 1 is 1.44 bits per heavy atom. The quantitative estimate of drug-likeness (QED) is 0.685. The average molecular weight is 288 g/mol. The summed E-state index contributed by atoms with van der Waals surface area (Å²) in [6.45, 7) is 1.98. The molecule has 1 heterocycles. The fraction of sp³-hybridized carbons (Fsp3) is 0.273. The van der Waals surface area contributed by atoms with Gasteiger partial charge >= 0.3 is 0 Å². The lowest BCUT2D eigenvalue weighted by Crippen LogP contribution is -2.20. The van der Waals surface area contributed by atoms with E-state index in [1.807, 2.05) is 11.0 Å². The van der Waals surface area contributed by atoms with Gasteiger partial charge in [0, 0.05) is 19.6 Å². The van der Waals surface area contributed by atoms with E-state index in [1.165, 1.54) is 0 Å². The van der Waals surface area contributed by atoms with Gasteiger partial charge in [0.1, 0.15) is 0 Å². The Labute approximate surface area is 114 Å². The van der Waals surface area contributed by atoms with E-state index in [0.29, 0.717) is 29.0 Å². The summed E-state index contributed by atoms with van der Waals surface area (Å²) in [5.74, 6) is 0.520. The summed E-state index contributed by atoms with van der Waals surface area (Å²) in [7, 11) is 0. The fourth-order valence-corrected chi connectivity index (χ4v) is 2.12. The van der Waals surface area contributed by atoms with Crippen LogP contribution >= 0.6 is 23.2 Å². The molecule has 0 spiro atoms. The van der Waals surface area contributed by atoms with Crippen LogP contribution in [0.3, 0.4) is 0 Å². The Morgan fingerprint density at radius 2 is 2.22 bits per heavy atom. The number of halogens is 2. The maximum absolute atomic E-state index is 10.5. The van der Waals surface area contributed by atoms with Crippen LogP contribution < -0.4 is 5.32 Å². The van der Waals surface area contributed by atoms with Gasteiger partial charge in [-0.1, -0.05) is 29.3 Å². The monoisotopic (exact) mass is 287 g/mol. The molecular weight excluding hydrogens is 277 g/mol. The SMILES string of the molecule is O=[N+]([O-])C=C1NCCN1Cc1ccc(Cl)c(Cl)c1. The Morgan fingerprint density at radius 3 is 2.89 bits per heavy atom. The minimum Gasteiger partial charge on any atom is -0.365 e. The fourth-order valence-electron chi connectivity index (χ4n) is 1.80. The van der Waals surface area contributed by atoms with Crippen LogP contribution in [0.4, 0.5) is 0 Å². The topological polar surface area (TPSA) is 58.4 Å². The molecule has 5 nitrogen and oxygen atoms in total. The van der Waals surface area contributed by atoms with Crippen molar-refractivity contribution in [2.45, 2.75) is 6.54 Å². The van der Waals surface area contributed by atoms with Crippen LogP contribution in [-0.4, -0.2) is 22.9 Å². The smallest absolute Gasteiger partial charge is 0.274 e. The second-order valence-corrected chi connectivity index (χ2v) is 4.71. The molecule has 1 aliphatic heterocycles. The minimum absolute atomic E-state index is 0.463. The summed E-state index contributed by atoms with van der Waals surface area (Å²) in [6.07, 6.45) is 0.977. The van der Waals surface area contributed by atoms with Gasteiger partial charge in [0.2, 0.25) is 0 Å². The van der Waals surface area contributed by atoms with Crippen molar-refractivity contribution in [1.82, 2.24) is 10.2 Å². The number of nitrogens with zero attached hydrogens (tertiary/aromatic N) is 2. The van der Waals surface area contributed by atoms with Gasteiger partial charge in [-0.05, 0) is 17.7 Å². The van der Waals surface area contributed by atoms with Gasteiger partial charge in [-0.15, -0.1) is 0 Å². The van der Waals surface area contributed by atoms with Crippen LogP contribution in [0.25, 0.3) is 0 Å². The summed E-state index contributed by atoms with van der Waals surface area (Å²) in [6, 6.07) is 5.35. The highest BCUT2D eigenvalue weighted by Crippen LogP contribution is 2.24. The Kier molecular flexibility index (Phi) is 3.93. The first-order valence-corrected chi connectivity index (χ1v) is 6.10. The lowest BCUT2D eigenvalue weighted by molar-refractivity contribution is -0.404. The van der Waals surface area contributed by atoms with E-state index in [9.17, 15) is 10.1 Å². The van der Waals surface area contributed by atoms with Crippen LogP contribution in [0.2, 0.25) is 10.0 Å². The lowest BCUT2D eigenvalue weighted by Gasteiger charge is -2.17. The number of benzene rings is 1. The van der Waals surface area contributed by atoms with E-state index < -0.39 is 4.92 Å². The van der Waals surface area contributed by atoms with Crippen molar-refractivity contribution >= 4 is 23.2 Å². The zero-order valence-corrected chi connectivity index (χ0v) is 10.9. The zero-order valence-electron chi connectivity index (χ0n) is 9.40. The second-order valence-electron chi connectivity index (χ2n) is 3.90. The van der Waals surface area contributed by atoms with E-state index in [-0.39, 0.29) is 0 Å². The highest BCUT2D eigenvalue weighted by molar-refractivity contribution is 6.42. The third-order valence-electron chi connectivity index (χ3n) is 2.61. The molecule has 0 saturated carbocycles. The van der Waals surface area contributed by atoms with Crippen LogP contribution in [0.15, 0.2) is 30.2 Å². The Balaban J connectivity index is 2.13. The van der Waals surface area contributed by atoms with E-state index in [2.05, 4.69) is 5.32 Å². The molecule has 0 unspecified atom stereocenters. The van der Waals surface area contributed by atoms with Gasteiger partial charge in [-0.25, -0.2) is 0 Å². The van der Waals surface area contributed by atoms with Gasteiger partial charge in [0.25, 0.3) is 6.20 Å². The van der Waals surface area contributed by atoms with Crippen molar-refractivity contribution in [2.75, 3.05) is 13.1 Å². The number of hydrogen-bond acceptors (Lipinski definition) is 4. The first-order chi connectivity index (χ1) is 8.56. The molecule has 1 aromatic carbocycles. The van der Waals surface area contributed by atoms with E-state index in [1.54, 1.807) is 12.1 Å². The highest BCUT2D eigenvalue weighted by Gasteiger charge is 2.19. The van der Waals surface area contributed by atoms with E-state index in [4.69, 9.17) is 23.2 Å². The van der Waals surface area contributed by atoms with Crippen molar-refractivity contribution < 1.29 is 4.92 Å². The molecule has 7 heteroatoms. The number of hydrogen-bond donors (Lipinski definition) is 1. The standard InChI is InChI=1S/C11H11Cl2N3O2/c12-9-2-1-8(5-10(9)13)6-15-4-3-14-11(15)7-16(17)18/h1-2,5,7,14H,3-4,6H2. The highest BCUT2D eigenvalue weighted by atomic mass is 35.5. The summed E-state index contributed by atoms with van der Waals surface area (Å²) in [5.41, 5.74) is 0.961. The number of nitrogens with one attached hydrogen (secondary N) is 1. The molecule has 0 aromatic heterocycles. The van der Waals surface area contributed by atoms with E-state index in [0.717, 1.165) is 18.3 Å². The largest absolute Gasteiger partial charge is 0.365 e.